The molecule has 17 heavy (non-hydrogen) atoms. The Morgan fingerprint density at radius 2 is 2.12 bits per heavy atom. The van der Waals surface area contributed by atoms with Gasteiger partial charge in [0.2, 0.25) is 0 Å². The molecule has 92 valence electrons. The van der Waals surface area contributed by atoms with Crippen molar-refractivity contribution in [3.8, 4) is 0 Å². The molecular weight excluding hydrogens is 218 g/mol. The summed E-state index contributed by atoms with van der Waals surface area (Å²) in [6.45, 7) is 1.60. The predicted molar refractivity (Wildman–Crippen MR) is 65.3 cm³/mol. The minimum Gasteiger partial charge on any atom is -0.382 e. The number of nitrogens with zero attached hydrogens (tertiary/aromatic N) is 3. The van der Waals surface area contributed by atoms with E-state index in [2.05, 4.69) is 14.9 Å². The normalized spacial score (nSPS) is 16.8. The second-order valence-electron chi connectivity index (χ2n) is 4.13. The van der Waals surface area contributed by atoms with E-state index in [-0.39, 0.29) is 5.84 Å². The number of hydrogen-bond donors (Lipinski definition) is 2. The van der Waals surface area contributed by atoms with Crippen LogP contribution in [0.2, 0.25) is 0 Å². The quantitative estimate of drug-likeness (QED) is 0.584. The molecule has 0 radical (unpaired) electrons. The van der Waals surface area contributed by atoms with Crippen LogP contribution in [0, 0.1) is 5.41 Å². The topological polar surface area (TPSA) is 88.1 Å². The lowest BCUT2D eigenvalue weighted by Gasteiger charge is -2.31. The number of nitrogens with one attached hydrogen (secondary N) is 1. The van der Waals surface area contributed by atoms with Crippen molar-refractivity contribution in [2.45, 2.75) is 18.9 Å². The fourth-order valence-corrected chi connectivity index (χ4v) is 1.90. The average Bonchev–Trinajstić information content (AvgIpc) is 2.39. The van der Waals surface area contributed by atoms with Crippen molar-refractivity contribution < 1.29 is 4.74 Å². The van der Waals surface area contributed by atoms with E-state index in [0.717, 1.165) is 31.9 Å². The predicted octanol–water partition coefficient (Wildman–Crippen LogP) is 0.376. The second kappa shape index (κ2) is 5.09. The Labute approximate surface area is 100 Å². The van der Waals surface area contributed by atoms with Gasteiger partial charge in [0.15, 0.2) is 0 Å². The molecule has 0 aliphatic carbocycles. The van der Waals surface area contributed by atoms with Crippen LogP contribution >= 0.6 is 0 Å². The number of ether oxygens (including phenoxy) is 1. The van der Waals surface area contributed by atoms with Crippen LogP contribution in [0.25, 0.3) is 0 Å². The van der Waals surface area contributed by atoms with E-state index >= 15 is 0 Å². The van der Waals surface area contributed by atoms with Crippen LogP contribution in [-0.2, 0) is 4.74 Å². The van der Waals surface area contributed by atoms with Gasteiger partial charge in [-0.3, -0.25) is 5.41 Å². The number of aromatic nitrogens is 2. The van der Waals surface area contributed by atoms with E-state index in [0.29, 0.717) is 11.7 Å². The molecule has 3 N–H and O–H groups in total. The summed E-state index contributed by atoms with van der Waals surface area (Å²) >= 11 is 0. The molecular formula is C11H17N5O. The molecule has 6 heteroatoms. The minimum atomic E-state index is -0.0576. The Morgan fingerprint density at radius 1 is 1.41 bits per heavy atom. The van der Waals surface area contributed by atoms with Gasteiger partial charge in [0.05, 0.1) is 12.4 Å². The Kier molecular flexibility index (Phi) is 3.53. The fourth-order valence-electron chi connectivity index (χ4n) is 1.90. The first-order valence-corrected chi connectivity index (χ1v) is 5.65. The third kappa shape index (κ3) is 2.71. The van der Waals surface area contributed by atoms with Gasteiger partial charge >= 0.3 is 0 Å². The summed E-state index contributed by atoms with van der Waals surface area (Å²) in [5.74, 6) is 0.750. The molecule has 1 aromatic rings. The van der Waals surface area contributed by atoms with Gasteiger partial charge in [-0.05, 0) is 12.8 Å². The van der Waals surface area contributed by atoms with E-state index in [1.54, 1.807) is 6.20 Å². The van der Waals surface area contributed by atoms with Crippen molar-refractivity contribution in [2.24, 2.45) is 5.73 Å². The number of anilines is 1. The summed E-state index contributed by atoms with van der Waals surface area (Å²) in [4.78, 5) is 10.5. The van der Waals surface area contributed by atoms with Gasteiger partial charge < -0.3 is 15.4 Å². The highest BCUT2D eigenvalue weighted by atomic mass is 16.5. The van der Waals surface area contributed by atoms with Gasteiger partial charge in [-0.2, -0.15) is 0 Å². The van der Waals surface area contributed by atoms with Crippen LogP contribution in [0.5, 0.6) is 0 Å². The molecule has 0 saturated carbocycles. The molecule has 0 atom stereocenters. The number of amidine groups is 1. The Bertz CT molecular complexity index is 385. The summed E-state index contributed by atoms with van der Waals surface area (Å²) in [7, 11) is 2.01. The zero-order chi connectivity index (χ0) is 12.3. The van der Waals surface area contributed by atoms with E-state index < -0.39 is 0 Å². The third-order valence-electron chi connectivity index (χ3n) is 3.01. The molecule has 0 bridgehead atoms. The SMILES string of the molecule is CN(c1cnc(C(=N)N)cn1)C1CCOCC1. The van der Waals surface area contributed by atoms with Crippen molar-refractivity contribution >= 4 is 11.7 Å². The molecule has 1 aliphatic rings. The van der Waals surface area contributed by atoms with E-state index in [1.807, 2.05) is 7.05 Å². The number of nitrogen functional groups attached to an aromatic ring is 1. The van der Waals surface area contributed by atoms with E-state index in [9.17, 15) is 0 Å². The zero-order valence-corrected chi connectivity index (χ0v) is 9.89. The molecule has 2 rings (SSSR count). The van der Waals surface area contributed by atoms with Gasteiger partial charge in [0.1, 0.15) is 17.3 Å². The summed E-state index contributed by atoms with van der Waals surface area (Å²) in [5, 5.41) is 7.25. The lowest BCUT2D eigenvalue weighted by atomic mass is 10.1. The van der Waals surface area contributed by atoms with Crippen LogP contribution in [-0.4, -0.2) is 42.1 Å². The summed E-state index contributed by atoms with van der Waals surface area (Å²) < 4.78 is 5.33. The highest BCUT2D eigenvalue weighted by Crippen LogP contribution is 2.18. The molecule has 0 aromatic carbocycles. The zero-order valence-electron chi connectivity index (χ0n) is 9.89. The first-order chi connectivity index (χ1) is 8.18. The third-order valence-corrected chi connectivity index (χ3v) is 3.01. The average molecular weight is 235 g/mol. The summed E-state index contributed by atoms with van der Waals surface area (Å²) in [5.41, 5.74) is 5.74. The molecule has 1 aromatic heterocycles. The maximum atomic E-state index is 7.25. The van der Waals surface area contributed by atoms with Crippen LogP contribution in [0.1, 0.15) is 18.5 Å². The van der Waals surface area contributed by atoms with Gasteiger partial charge in [0.25, 0.3) is 0 Å². The minimum absolute atomic E-state index is 0.0576. The standard InChI is InChI=1S/C11H17N5O/c1-16(8-2-4-17-5-3-8)10-7-14-9(6-15-10)11(12)13/h6-8H,2-5H2,1H3,(H3,12,13). The van der Waals surface area contributed by atoms with Crippen LogP contribution in [0.4, 0.5) is 5.82 Å². The van der Waals surface area contributed by atoms with Gasteiger partial charge in [-0.1, -0.05) is 0 Å². The molecule has 2 heterocycles. The highest BCUT2D eigenvalue weighted by molar-refractivity contribution is 5.92. The monoisotopic (exact) mass is 235 g/mol. The summed E-state index contributed by atoms with van der Waals surface area (Å²) in [6.07, 6.45) is 5.21. The first-order valence-electron chi connectivity index (χ1n) is 5.65. The van der Waals surface area contributed by atoms with Crippen molar-refractivity contribution in [3.05, 3.63) is 18.1 Å². The second-order valence-corrected chi connectivity index (χ2v) is 4.13. The lowest BCUT2D eigenvalue weighted by Crippen LogP contribution is -2.37. The fraction of sp³-hybridized carbons (Fsp3) is 0.545. The molecule has 0 spiro atoms. The lowest BCUT2D eigenvalue weighted by molar-refractivity contribution is 0.0853. The number of nitrogens with two attached hydrogens (primary N) is 1. The van der Waals surface area contributed by atoms with Crippen molar-refractivity contribution in [3.63, 3.8) is 0 Å². The molecule has 6 nitrogen and oxygen atoms in total. The molecule has 0 amide bonds. The molecule has 0 unspecified atom stereocenters. The Morgan fingerprint density at radius 3 is 2.65 bits per heavy atom. The Hall–Kier alpha value is -1.69. The maximum Gasteiger partial charge on any atom is 0.147 e. The van der Waals surface area contributed by atoms with Gasteiger partial charge in [-0.15, -0.1) is 0 Å². The smallest absolute Gasteiger partial charge is 0.147 e. The van der Waals surface area contributed by atoms with Crippen molar-refractivity contribution in [1.82, 2.24) is 9.97 Å². The number of hydrogen-bond acceptors (Lipinski definition) is 5. The van der Waals surface area contributed by atoms with Crippen LogP contribution in [0.15, 0.2) is 12.4 Å². The number of rotatable bonds is 3. The van der Waals surface area contributed by atoms with Crippen molar-refractivity contribution in [2.75, 3.05) is 25.2 Å². The highest BCUT2D eigenvalue weighted by Gasteiger charge is 2.19. The van der Waals surface area contributed by atoms with E-state index in [4.69, 9.17) is 15.9 Å². The Balaban J connectivity index is 2.07. The molecule has 1 aliphatic heterocycles. The maximum absolute atomic E-state index is 7.25. The van der Waals surface area contributed by atoms with Crippen LogP contribution in [0.3, 0.4) is 0 Å². The van der Waals surface area contributed by atoms with E-state index in [1.165, 1.54) is 6.20 Å². The van der Waals surface area contributed by atoms with Crippen molar-refractivity contribution in [1.29, 1.82) is 5.41 Å². The molecule has 1 fully saturated rings. The van der Waals surface area contributed by atoms with Crippen LogP contribution < -0.4 is 10.6 Å². The van der Waals surface area contributed by atoms with Gasteiger partial charge in [0, 0.05) is 26.3 Å². The molecule has 1 saturated heterocycles. The largest absolute Gasteiger partial charge is 0.382 e. The van der Waals surface area contributed by atoms with Gasteiger partial charge in [-0.25, -0.2) is 9.97 Å². The summed E-state index contributed by atoms with van der Waals surface area (Å²) in [6, 6.07) is 0.446. The first kappa shape index (κ1) is 11.8.